The third kappa shape index (κ3) is 54.9. The van der Waals surface area contributed by atoms with Crippen molar-refractivity contribution in [1.29, 1.82) is 0 Å². The zero-order valence-electron chi connectivity index (χ0n) is 63.4. The van der Waals surface area contributed by atoms with Crippen molar-refractivity contribution in [3.05, 3.63) is 0 Å². The van der Waals surface area contributed by atoms with Crippen molar-refractivity contribution in [3.63, 3.8) is 0 Å². The second-order valence-electron chi connectivity index (χ2n) is 30.1. The van der Waals surface area contributed by atoms with E-state index in [-0.39, 0.29) is 6.10 Å². The number of likely N-dealkylation sites (N-methyl/N-ethyl adjacent to an activating group) is 1. The number of hydrogen-bond donors (Lipinski definition) is 0. The van der Waals surface area contributed by atoms with Gasteiger partial charge in [0.25, 0.3) is 0 Å². The Hall–Kier alpha value is -1.92. The number of carbonyl (C=O) groups is 4. The molecule has 15 nitrogen and oxygen atoms in total. The summed E-state index contributed by atoms with van der Waals surface area (Å²) >= 11 is 0. The highest BCUT2D eigenvalue weighted by Gasteiger charge is 2.23. The summed E-state index contributed by atoms with van der Waals surface area (Å²) in [7, 11) is 2.11. The maximum Gasteiger partial charge on any atom is 0.222 e. The molecule has 2 unspecified atom stereocenters. The molecule has 0 aromatic rings. The molecule has 1 amide bonds. The van der Waals surface area contributed by atoms with Gasteiger partial charge in [0.1, 0.15) is 17.3 Å². The van der Waals surface area contributed by atoms with Gasteiger partial charge in [0, 0.05) is 123 Å². The average Bonchev–Trinajstić information content (AvgIpc) is 3.06. The number of likely N-dealkylation sites (tertiary alicyclic amines) is 3. The molecule has 1 saturated carbocycles. The molecule has 0 radical (unpaired) electrons. The summed E-state index contributed by atoms with van der Waals surface area (Å²) in [6.07, 6.45) is 24.4. The minimum absolute atomic E-state index is 0.233. The highest BCUT2D eigenvalue weighted by molar-refractivity contribution is 5.79. The van der Waals surface area contributed by atoms with Gasteiger partial charge < -0.3 is 48.2 Å². The monoisotopic (exact) mass is 1290 g/mol. The Morgan fingerprint density at radius 2 is 0.945 bits per heavy atom. The maximum absolute atomic E-state index is 11.7. The number of ketones is 3. The summed E-state index contributed by atoms with van der Waals surface area (Å²) in [6.45, 7) is 60.6. The minimum Gasteiger partial charge on any atom is -0.379 e. The van der Waals surface area contributed by atoms with E-state index in [1.165, 1.54) is 103 Å². The van der Waals surface area contributed by atoms with Crippen molar-refractivity contribution in [2.45, 2.75) is 290 Å². The molecule has 6 heterocycles. The molecule has 0 bridgehead atoms. The summed E-state index contributed by atoms with van der Waals surface area (Å²) < 4.78 is 27.2. The van der Waals surface area contributed by atoms with Gasteiger partial charge in [-0.2, -0.15) is 0 Å². The van der Waals surface area contributed by atoms with Crippen LogP contribution in [-0.4, -0.2) is 228 Å². The molecule has 2 atom stereocenters. The van der Waals surface area contributed by atoms with Crippen LogP contribution in [0.15, 0.2) is 0 Å². The molecule has 91 heavy (non-hydrogen) atoms. The van der Waals surface area contributed by atoms with Gasteiger partial charge in [-0.1, -0.05) is 109 Å². The maximum atomic E-state index is 11.7. The average molecular weight is 1290 g/mol. The van der Waals surface area contributed by atoms with E-state index < -0.39 is 0 Å². The summed E-state index contributed by atoms with van der Waals surface area (Å²) in [5.74, 6) is 5.23. The molecule has 0 aromatic carbocycles. The minimum atomic E-state index is 0.233. The first-order valence-electron chi connectivity index (χ1n) is 37.7. The van der Waals surface area contributed by atoms with E-state index in [4.69, 9.17) is 23.7 Å². The Labute approximate surface area is 563 Å². The predicted octanol–water partition coefficient (Wildman–Crippen LogP) is 14.8. The lowest BCUT2D eigenvalue weighted by atomic mass is 10.0. The number of carbonyl (C=O) groups excluding carboxylic acids is 4. The normalized spacial score (nSPS) is 19.6. The predicted molar refractivity (Wildman–Crippen MR) is 384 cm³/mol. The second-order valence-corrected chi connectivity index (χ2v) is 30.1. The number of piperidine rings is 1. The van der Waals surface area contributed by atoms with Crippen LogP contribution in [0.2, 0.25) is 0 Å². The van der Waals surface area contributed by atoms with Gasteiger partial charge in [0.2, 0.25) is 5.91 Å². The standard InChI is InChI=1S/C12H23NO.C11H22N2O.C10H18O2.C9H19NO2.C9H19NO.C9H18O.C8H17N.C8H16O/c1-11(2)10-12(14)6-9-13-7-4-3-5-8-13;1-10(2)4-5-11(14)13-8-6-12(3)7-9-13;1-8(2)6-9(11)7-10-4-3-5-12-10;1-9(2)12-8-5-10-3-6-11-7-4-10;1-9(2)11-8-7-10-5-3-4-6-10;1-8(2)7-10-9-5-3-4-6-9;1-7(2)8(3)9-5-4-6-9;1-4-5-8(9)6-7(2)3/h11H,3-10H2,1-2H3;10H,4-9H2,1-3H3;8,10H,3-7H2,1-2H3;9H,3-8H2,1-2H3;9H,3-8H2,1-2H3;8-9H,3-7H2,1-2H3;7-8H,4-6H2,1-3H3;7H,4-6H2,1-3H3. The SMILES string of the molecule is CC(C)C(C)N1CCC1.CC(C)CC(=O)CC1CCCO1.CC(C)CC(=O)CCN1CCCCC1.CC(C)CCC(=O)N1CCN(C)CC1.CC(C)COC1CCCC1.CC(C)OCCN1CCCC1.CC(C)OCCN1CCOCC1.CCCC(=O)CC(C)C. The van der Waals surface area contributed by atoms with Crippen molar-refractivity contribution < 1.29 is 42.9 Å². The smallest absolute Gasteiger partial charge is 0.222 e. The van der Waals surface area contributed by atoms with Crippen LogP contribution in [0, 0.1) is 35.5 Å². The molecular weight excluding hydrogens is 1140 g/mol. The molecule has 7 rings (SSSR count). The summed E-state index contributed by atoms with van der Waals surface area (Å²) in [5, 5.41) is 0. The van der Waals surface area contributed by atoms with Crippen LogP contribution >= 0.6 is 0 Å². The van der Waals surface area contributed by atoms with E-state index >= 15 is 0 Å². The van der Waals surface area contributed by atoms with Gasteiger partial charge >= 0.3 is 0 Å². The van der Waals surface area contributed by atoms with Gasteiger partial charge in [0.05, 0.1) is 50.8 Å². The quantitative estimate of drug-likeness (QED) is 0.0703. The Balaban J connectivity index is 0.00000102. The number of Topliss-reactive ketones (excluding diaryl/α,β-unsaturated/α-hetero) is 3. The summed E-state index contributed by atoms with van der Waals surface area (Å²) in [4.78, 5) is 59.5. The van der Waals surface area contributed by atoms with E-state index in [1.807, 2.05) is 11.8 Å². The zero-order chi connectivity index (χ0) is 68.4. The third-order valence-electron chi connectivity index (χ3n) is 17.3. The van der Waals surface area contributed by atoms with Crippen LogP contribution in [0.25, 0.3) is 0 Å². The lowest BCUT2D eigenvalue weighted by Crippen LogP contribution is -2.47. The van der Waals surface area contributed by atoms with E-state index in [2.05, 4.69) is 149 Å². The van der Waals surface area contributed by atoms with Gasteiger partial charge in [-0.15, -0.1) is 0 Å². The molecule has 1 aliphatic carbocycles. The Bertz CT molecular complexity index is 1690. The molecule has 0 N–H and O–H groups in total. The van der Waals surface area contributed by atoms with E-state index in [1.54, 1.807) is 0 Å². The first-order valence-corrected chi connectivity index (χ1v) is 37.7. The number of rotatable bonds is 29. The molecule has 0 spiro atoms. The van der Waals surface area contributed by atoms with E-state index in [9.17, 15) is 19.2 Å². The van der Waals surface area contributed by atoms with Crippen LogP contribution in [0.4, 0.5) is 0 Å². The fourth-order valence-corrected chi connectivity index (χ4v) is 11.3. The molecule has 15 heteroatoms. The number of morpholine rings is 1. The number of amides is 1. The number of hydrogen-bond acceptors (Lipinski definition) is 14. The molecule has 0 aromatic heterocycles. The van der Waals surface area contributed by atoms with E-state index in [0.29, 0.717) is 84.0 Å². The van der Waals surface area contributed by atoms with Gasteiger partial charge in [0.15, 0.2) is 0 Å². The Morgan fingerprint density at radius 1 is 0.462 bits per heavy atom. The van der Waals surface area contributed by atoms with Crippen molar-refractivity contribution in [2.24, 2.45) is 35.5 Å². The van der Waals surface area contributed by atoms with Crippen molar-refractivity contribution in [2.75, 3.05) is 145 Å². The van der Waals surface area contributed by atoms with Crippen LogP contribution in [0.5, 0.6) is 0 Å². The largest absolute Gasteiger partial charge is 0.379 e. The third-order valence-corrected chi connectivity index (χ3v) is 17.3. The fourth-order valence-electron chi connectivity index (χ4n) is 11.3. The molecule has 6 saturated heterocycles. The van der Waals surface area contributed by atoms with Crippen molar-refractivity contribution in [3.8, 4) is 0 Å². The van der Waals surface area contributed by atoms with Crippen molar-refractivity contribution in [1.82, 2.24) is 29.4 Å². The molecule has 7 fully saturated rings. The van der Waals surface area contributed by atoms with E-state index in [0.717, 1.165) is 168 Å². The van der Waals surface area contributed by atoms with Crippen LogP contribution in [0.3, 0.4) is 0 Å². The van der Waals surface area contributed by atoms with Gasteiger partial charge in [-0.25, -0.2) is 0 Å². The fraction of sp³-hybridized carbons (Fsp3) is 0.947. The number of ether oxygens (including phenoxy) is 5. The first kappa shape index (κ1) is 89.1. The van der Waals surface area contributed by atoms with Gasteiger partial charge in [-0.3, -0.25) is 24.1 Å². The number of piperazine rings is 1. The lowest BCUT2D eigenvalue weighted by molar-refractivity contribution is -0.133. The van der Waals surface area contributed by atoms with Crippen LogP contribution < -0.4 is 0 Å². The number of nitrogens with zero attached hydrogens (tertiary/aromatic N) is 6. The second kappa shape index (κ2) is 57.2. The molecular formula is C76H152N6O9. The summed E-state index contributed by atoms with van der Waals surface area (Å²) in [5.41, 5.74) is 0. The molecule has 6 aliphatic heterocycles. The molecule has 540 valence electrons. The highest BCUT2D eigenvalue weighted by atomic mass is 16.5. The van der Waals surface area contributed by atoms with Gasteiger partial charge in [-0.05, 0) is 187 Å². The van der Waals surface area contributed by atoms with Crippen LogP contribution in [-0.2, 0) is 42.9 Å². The highest BCUT2D eigenvalue weighted by Crippen LogP contribution is 2.22. The Kier molecular flexibility index (Phi) is 56.0. The van der Waals surface area contributed by atoms with Crippen molar-refractivity contribution >= 4 is 23.3 Å². The topological polar surface area (TPSA) is 134 Å². The zero-order valence-corrected chi connectivity index (χ0v) is 63.4. The first-order chi connectivity index (χ1) is 43.2. The summed E-state index contributed by atoms with van der Waals surface area (Å²) in [6, 6.07) is 0.804. The lowest BCUT2D eigenvalue weighted by Gasteiger charge is -2.38. The molecule has 7 aliphatic rings. The van der Waals surface area contributed by atoms with Crippen LogP contribution in [0.1, 0.15) is 259 Å². The Morgan fingerprint density at radius 3 is 1.36 bits per heavy atom.